The SMILES string of the molecule is O=C(NC(c1ccccc1)c1ccccn1)c1ccc(NC2CC2)c([N+](=O)[O-])c1. The van der Waals surface area contributed by atoms with Crippen LogP contribution >= 0.6 is 0 Å². The fourth-order valence-electron chi connectivity index (χ4n) is 3.13. The summed E-state index contributed by atoms with van der Waals surface area (Å²) in [4.78, 5) is 28.3. The molecule has 1 fully saturated rings. The first-order chi connectivity index (χ1) is 14.1. The number of nitro benzene ring substituents is 1. The number of benzene rings is 2. The normalized spacial score (nSPS) is 14.1. The summed E-state index contributed by atoms with van der Waals surface area (Å²) in [5.74, 6) is -0.398. The monoisotopic (exact) mass is 388 g/mol. The Kier molecular flexibility index (Phi) is 5.20. The van der Waals surface area contributed by atoms with Crippen molar-refractivity contribution in [2.75, 3.05) is 5.32 Å². The predicted molar refractivity (Wildman–Crippen MR) is 110 cm³/mol. The molecule has 1 amide bonds. The summed E-state index contributed by atoms with van der Waals surface area (Å²) in [6.45, 7) is 0. The van der Waals surface area contributed by atoms with Gasteiger partial charge in [0.2, 0.25) is 0 Å². The Hall–Kier alpha value is -3.74. The van der Waals surface area contributed by atoms with Gasteiger partial charge in [0.15, 0.2) is 0 Å². The molecule has 1 saturated carbocycles. The molecule has 7 nitrogen and oxygen atoms in total. The van der Waals surface area contributed by atoms with Crippen LogP contribution in [0.4, 0.5) is 11.4 Å². The lowest BCUT2D eigenvalue weighted by Crippen LogP contribution is -2.30. The van der Waals surface area contributed by atoms with Gasteiger partial charge >= 0.3 is 0 Å². The molecule has 1 aromatic heterocycles. The van der Waals surface area contributed by atoms with Crippen molar-refractivity contribution >= 4 is 17.3 Å². The number of rotatable bonds is 7. The van der Waals surface area contributed by atoms with E-state index < -0.39 is 16.9 Å². The zero-order valence-electron chi connectivity index (χ0n) is 15.6. The van der Waals surface area contributed by atoms with Gasteiger partial charge in [-0.25, -0.2) is 0 Å². The lowest BCUT2D eigenvalue weighted by atomic mass is 10.0. The molecule has 0 aliphatic heterocycles. The maximum atomic E-state index is 12.9. The van der Waals surface area contributed by atoms with Gasteiger partial charge in [-0.1, -0.05) is 36.4 Å². The van der Waals surface area contributed by atoms with Crippen molar-refractivity contribution in [3.8, 4) is 0 Å². The largest absolute Gasteiger partial charge is 0.377 e. The number of pyridine rings is 1. The van der Waals surface area contributed by atoms with E-state index in [-0.39, 0.29) is 17.3 Å². The summed E-state index contributed by atoms with van der Waals surface area (Å²) >= 11 is 0. The van der Waals surface area contributed by atoms with Crippen molar-refractivity contribution in [2.45, 2.75) is 24.9 Å². The third kappa shape index (κ3) is 4.40. The molecule has 0 saturated heterocycles. The highest BCUT2D eigenvalue weighted by atomic mass is 16.6. The van der Waals surface area contributed by atoms with E-state index in [0.29, 0.717) is 11.4 Å². The average molecular weight is 388 g/mol. The summed E-state index contributed by atoms with van der Waals surface area (Å²) in [5.41, 5.74) is 2.14. The minimum Gasteiger partial charge on any atom is -0.377 e. The maximum absolute atomic E-state index is 12.9. The van der Waals surface area contributed by atoms with Crippen molar-refractivity contribution in [1.82, 2.24) is 10.3 Å². The molecule has 146 valence electrons. The van der Waals surface area contributed by atoms with E-state index in [0.717, 1.165) is 18.4 Å². The van der Waals surface area contributed by atoms with Crippen LogP contribution in [0.1, 0.15) is 40.5 Å². The molecule has 0 spiro atoms. The second kappa shape index (κ2) is 8.10. The molecule has 1 aliphatic carbocycles. The molecule has 2 aromatic carbocycles. The molecule has 0 bridgehead atoms. The highest BCUT2D eigenvalue weighted by molar-refractivity contribution is 5.96. The quantitative estimate of drug-likeness (QED) is 0.469. The molecule has 1 atom stereocenters. The van der Waals surface area contributed by atoms with Crippen molar-refractivity contribution in [2.24, 2.45) is 0 Å². The lowest BCUT2D eigenvalue weighted by molar-refractivity contribution is -0.384. The zero-order valence-corrected chi connectivity index (χ0v) is 15.6. The van der Waals surface area contributed by atoms with Crippen LogP contribution in [-0.4, -0.2) is 21.9 Å². The number of hydrogen-bond acceptors (Lipinski definition) is 5. The van der Waals surface area contributed by atoms with Crippen LogP contribution in [0.5, 0.6) is 0 Å². The Balaban J connectivity index is 1.62. The summed E-state index contributed by atoms with van der Waals surface area (Å²) in [6, 6.07) is 19.3. The number of amides is 1. The van der Waals surface area contributed by atoms with Gasteiger partial charge in [-0.15, -0.1) is 0 Å². The number of anilines is 1. The first-order valence-corrected chi connectivity index (χ1v) is 9.43. The van der Waals surface area contributed by atoms with Crippen LogP contribution in [0, 0.1) is 10.1 Å². The van der Waals surface area contributed by atoms with E-state index in [2.05, 4.69) is 15.6 Å². The summed E-state index contributed by atoms with van der Waals surface area (Å²) in [6.07, 6.45) is 3.67. The van der Waals surface area contributed by atoms with Crippen LogP contribution < -0.4 is 10.6 Å². The lowest BCUT2D eigenvalue weighted by Gasteiger charge is -2.19. The van der Waals surface area contributed by atoms with Gasteiger partial charge in [0.25, 0.3) is 11.6 Å². The molecular weight excluding hydrogens is 368 g/mol. The smallest absolute Gasteiger partial charge is 0.293 e. The molecule has 29 heavy (non-hydrogen) atoms. The molecular formula is C22H20N4O3. The van der Waals surface area contributed by atoms with Crippen LogP contribution in [0.25, 0.3) is 0 Å². The van der Waals surface area contributed by atoms with E-state index >= 15 is 0 Å². The topological polar surface area (TPSA) is 97.2 Å². The Labute approximate surface area is 167 Å². The van der Waals surface area contributed by atoms with Crippen molar-refractivity contribution in [1.29, 1.82) is 0 Å². The van der Waals surface area contributed by atoms with E-state index in [1.807, 2.05) is 48.5 Å². The van der Waals surface area contributed by atoms with Crippen LogP contribution in [0.3, 0.4) is 0 Å². The third-order valence-electron chi connectivity index (χ3n) is 4.79. The van der Waals surface area contributed by atoms with Crippen molar-refractivity contribution < 1.29 is 9.72 Å². The zero-order chi connectivity index (χ0) is 20.2. The fourth-order valence-corrected chi connectivity index (χ4v) is 3.13. The first-order valence-electron chi connectivity index (χ1n) is 9.43. The molecule has 2 N–H and O–H groups in total. The number of nitro groups is 1. The molecule has 7 heteroatoms. The molecule has 0 radical (unpaired) electrons. The van der Waals surface area contributed by atoms with Crippen LogP contribution in [0.2, 0.25) is 0 Å². The second-order valence-corrected chi connectivity index (χ2v) is 6.98. The minimum atomic E-state index is -0.465. The number of carbonyl (C=O) groups excluding carboxylic acids is 1. The molecule has 1 aliphatic rings. The van der Waals surface area contributed by atoms with Gasteiger partial charge in [-0.2, -0.15) is 0 Å². The standard InChI is InChI=1S/C22H20N4O3/c27-22(16-9-12-18(24-17-10-11-17)20(14-16)26(28)29)25-21(15-6-2-1-3-7-15)19-8-4-5-13-23-19/h1-9,12-14,17,21,24H,10-11H2,(H,25,27). The maximum Gasteiger partial charge on any atom is 0.293 e. The number of aromatic nitrogens is 1. The van der Waals surface area contributed by atoms with E-state index in [4.69, 9.17) is 0 Å². The highest BCUT2D eigenvalue weighted by Crippen LogP contribution is 2.32. The van der Waals surface area contributed by atoms with E-state index in [9.17, 15) is 14.9 Å². The van der Waals surface area contributed by atoms with Crippen molar-refractivity contribution in [3.63, 3.8) is 0 Å². The van der Waals surface area contributed by atoms with Gasteiger partial charge in [0.1, 0.15) is 5.69 Å². The summed E-state index contributed by atoms with van der Waals surface area (Å²) in [7, 11) is 0. The molecule has 1 unspecified atom stereocenters. The van der Waals surface area contributed by atoms with E-state index in [1.165, 1.54) is 6.07 Å². The van der Waals surface area contributed by atoms with Gasteiger partial charge in [-0.05, 0) is 42.7 Å². The third-order valence-corrected chi connectivity index (χ3v) is 4.79. The number of nitrogens with one attached hydrogen (secondary N) is 2. The first kappa shape index (κ1) is 18.6. The van der Waals surface area contributed by atoms with Crippen LogP contribution in [0.15, 0.2) is 72.9 Å². The van der Waals surface area contributed by atoms with Crippen LogP contribution in [-0.2, 0) is 0 Å². The Morgan fingerprint density at radius 3 is 2.48 bits per heavy atom. The van der Waals surface area contributed by atoms with Gasteiger partial charge in [-0.3, -0.25) is 19.9 Å². The fraction of sp³-hybridized carbons (Fsp3) is 0.182. The number of hydrogen-bond donors (Lipinski definition) is 2. The number of carbonyl (C=O) groups is 1. The Morgan fingerprint density at radius 1 is 1.07 bits per heavy atom. The van der Waals surface area contributed by atoms with Gasteiger partial charge in [0, 0.05) is 23.9 Å². The molecule has 3 aromatic rings. The van der Waals surface area contributed by atoms with Gasteiger partial charge < -0.3 is 10.6 Å². The second-order valence-electron chi connectivity index (χ2n) is 6.98. The van der Waals surface area contributed by atoms with Gasteiger partial charge in [0.05, 0.1) is 16.7 Å². The average Bonchev–Trinajstić information content (AvgIpc) is 3.57. The number of nitrogens with zero attached hydrogens (tertiary/aromatic N) is 2. The predicted octanol–water partition coefficient (Wildman–Crippen LogP) is 4.08. The Bertz CT molecular complexity index is 981. The Morgan fingerprint density at radius 2 is 1.83 bits per heavy atom. The highest BCUT2D eigenvalue weighted by Gasteiger charge is 2.26. The molecule has 4 rings (SSSR count). The van der Waals surface area contributed by atoms with E-state index in [1.54, 1.807) is 18.3 Å². The summed E-state index contributed by atoms with van der Waals surface area (Å²) < 4.78 is 0. The summed E-state index contributed by atoms with van der Waals surface area (Å²) in [5, 5.41) is 17.6. The van der Waals surface area contributed by atoms with Crippen molar-refractivity contribution in [3.05, 3.63) is 99.9 Å². The molecule has 1 heterocycles. The minimum absolute atomic E-state index is 0.0985.